The van der Waals surface area contributed by atoms with Gasteiger partial charge in [-0.05, 0) is 26.0 Å². The maximum absolute atomic E-state index is 8.76. The van der Waals surface area contributed by atoms with Gasteiger partial charge in [0.05, 0.1) is 24.9 Å². The molecule has 6 heteroatoms. The van der Waals surface area contributed by atoms with E-state index in [9.17, 15) is 0 Å². The van der Waals surface area contributed by atoms with Crippen LogP contribution in [0.3, 0.4) is 0 Å². The van der Waals surface area contributed by atoms with Crippen molar-refractivity contribution in [3.8, 4) is 0 Å². The highest BCUT2D eigenvalue weighted by Crippen LogP contribution is 2.12. The van der Waals surface area contributed by atoms with E-state index in [1.165, 1.54) is 0 Å². The van der Waals surface area contributed by atoms with Gasteiger partial charge in [0.1, 0.15) is 0 Å². The van der Waals surface area contributed by atoms with Crippen LogP contribution in [0.5, 0.6) is 0 Å². The van der Waals surface area contributed by atoms with Gasteiger partial charge in [0.2, 0.25) is 0 Å². The van der Waals surface area contributed by atoms with Crippen LogP contribution in [0, 0.1) is 0 Å². The second-order valence-electron chi connectivity index (χ2n) is 5.11. The van der Waals surface area contributed by atoms with E-state index < -0.39 is 0 Å². The summed E-state index contributed by atoms with van der Waals surface area (Å²) in [5.41, 5.74) is 6.36. The van der Waals surface area contributed by atoms with E-state index in [1.807, 2.05) is 22.9 Å². The zero-order valence-corrected chi connectivity index (χ0v) is 11.5. The van der Waals surface area contributed by atoms with Crippen LogP contribution < -0.4 is 5.73 Å². The first-order valence-corrected chi connectivity index (χ1v) is 6.60. The lowest BCUT2D eigenvalue weighted by Gasteiger charge is -2.35. The largest absolute Gasteiger partial charge is 0.409 e. The van der Waals surface area contributed by atoms with Crippen LogP contribution in [0.25, 0.3) is 0 Å². The van der Waals surface area contributed by atoms with Crippen molar-refractivity contribution in [2.24, 2.45) is 10.9 Å². The first-order chi connectivity index (χ1) is 9.11. The molecule has 0 saturated carbocycles. The monoisotopic (exact) mass is 266 g/mol. The molecule has 3 N–H and O–H groups in total. The number of amidine groups is 1. The van der Waals surface area contributed by atoms with Gasteiger partial charge in [-0.15, -0.1) is 0 Å². The Bertz CT molecular complexity index is 442. The van der Waals surface area contributed by atoms with Crippen LogP contribution in [-0.4, -0.2) is 52.4 Å². The van der Waals surface area contributed by atoms with Crippen LogP contribution in [0.1, 0.15) is 19.5 Å². The molecule has 1 aromatic rings. The summed E-state index contributed by atoms with van der Waals surface area (Å²) in [6.07, 6.45) is 2.05. The van der Waals surface area contributed by atoms with E-state index in [4.69, 9.17) is 15.7 Å². The first-order valence-electron chi connectivity index (χ1n) is 6.60. The smallest absolute Gasteiger partial charge is 0.186 e. The predicted molar refractivity (Wildman–Crippen MR) is 73.4 cm³/mol. The lowest BCUT2D eigenvalue weighted by molar-refractivity contribution is -0.0456. The van der Waals surface area contributed by atoms with Crippen molar-refractivity contribution < 1.29 is 9.94 Å². The minimum absolute atomic E-state index is 0.126. The Labute approximate surface area is 113 Å². The third kappa shape index (κ3) is 3.27. The molecular weight excluding hydrogens is 244 g/mol. The normalized spacial score (nSPS) is 22.1. The average Bonchev–Trinajstić information content (AvgIpc) is 2.86. The van der Waals surface area contributed by atoms with E-state index >= 15 is 0 Å². The third-order valence-corrected chi connectivity index (χ3v) is 3.50. The zero-order chi connectivity index (χ0) is 13.8. The molecule has 2 rings (SSSR count). The van der Waals surface area contributed by atoms with Crippen molar-refractivity contribution in [1.82, 2.24) is 9.47 Å². The van der Waals surface area contributed by atoms with E-state index in [0.717, 1.165) is 19.7 Å². The summed E-state index contributed by atoms with van der Waals surface area (Å²) in [4.78, 5) is 2.40. The molecule has 1 aromatic heterocycles. The number of hydrogen-bond donors (Lipinski definition) is 2. The lowest BCUT2D eigenvalue weighted by Crippen LogP contribution is -2.47. The number of morpholine rings is 1. The highest BCUT2D eigenvalue weighted by atomic mass is 16.5. The molecule has 1 unspecified atom stereocenters. The summed E-state index contributed by atoms with van der Waals surface area (Å²) < 4.78 is 7.76. The lowest BCUT2D eigenvalue weighted by atomic mass is 10.2. The summed E-state index contributed by atoms with van der Waals surface area (Å²) in [6.45, 7) is 7.74. The molecule has 19 heavy (non-hydrogen) atoms. The highest BCUT2D eigenvalue weighted by Gasteiger charge is 2.23. The molecule has 1 saturated heterocycles. The van der Waals surface area contributed by atoms with Crippen molar-refractivity contribution in [2.75, 3.05) is 19.7 Å². The number of aromatic nitrogens is 1. The van der Waals surface area contributed by atoms with Gasteiger partial charge in [-0.2, -0.15) is 0 Å². The molecule has 1 atom stereocenters. The fourth-order valence-corrected chi connectivity index (χ4v) is 2.40. The summed E-state index contributed by atoms with van der Waals surface area (Å²) in [6, 6.07) is 4.24. The Hall–Kier alpha value is -1.53. The average molecular weight is 266 g/mol. The van der Waals surface area contributed by atoms with Crippen LogP contribution in [0.2, 0.25) is 0 Å². The van der Waals surface area contributed by atoms with Crippen LogP contribution in [0.15, 0.2) is 23.5 Å². The van der Waals surface area contributed by atoms with Crippen molar-refractivity contribution in [2.45, 2.75) is 32.5 Å². The van der Waals surface area contributed by atoms with E-state index in [2.05, 4.69) is 23.9 Å². The fourth-order valence-electron chi connectivity index (χ4n) is 2.40. The van der Waals surface area contributed by atoms with Gasteiger partial charge >= 0.3 is 0 Å². The first kappa shape index (κ1) is 13.9. The van der Waals surface area contributed by atoms with Gasteiger partial charge in [0, 0.05) is 25.3 Å². The second kappa shape index (κ2) is 6.08. The molecule has 1 aliphatic rings. The third-order valence-electron chi connectivity index (χ3n) is 3.50. The number of ether oxygens (including phenoxy) is 1. The Morgan fingerprint density at radius 1 is 1.63 bits per heavy atom. The van der Waals surface area contributed by atoms with Gasteiger partial charge < -0.3 is 20.2 Å². The number of rotatable bonds is 4. The van der Waals surface area contributed by atoms with E-state index in [1.54, 1.807) is 0 Å². The maximum Gasteiger partial charge on any atom is 0.186 e. The predicted octanol–water partition coefficient (Wildman–Crippen LogP) is 0.692. The number of oxime groups is 1. The Kier molecular flexibility index (Phi) is 4.44. The van der Waals surface area contributed by atoms with Crippen molar-refractivity contribution >= 4 is 5.84 Å². The summed E-state index contributed by atoms with van der Waals surface area (Å²) in [5, 5.41) is 11.8. The minimum atomic E-state index is 0.126. The second-order valence-corrected chi connectivity index (χ2v) is 5.11. The SMILES string of the molecule is CC(C)N1CCOC(Cn2cccc2/C(N)=N/O)C1. The van der Waals surface area contributed by atoms with Crippen molar-refractivity contribution in [3.63, 3.8) is 0 Å². The molecule has 1 aliphatic heterocycles. The van der Waals surface area contributed by atoms with Gasteiger partial charge in [0.25, 0.3) is 0 Å². The summed E-state index contributed by atoms with van der Waals surface area (Å²) in [7, 11) is 0. The highest BCUT2D eigenvalue weighted by molar-refractivity contribution is 5.95. The molecule has 2 heterocycles. The van der Waals surface area contributed by atoms with Gasteiger partial charge in [-0.1, -0.05) is 5.16 Å². The van der Waals surface area contributed by atoms with Crippen molar-refractivity contribution in [3.05, 3.63) is 24.0 Å². The Balaban J connectivity index is 2.03. The summed E-state index contributed by atoms with van der Waals surface area (Å²) in [5.74, 6) is 0.126. The molecule has 106 valence electrons. The van der Waals surface area contributed by atoms with Crippen LogP contribution >= 0.6 is 0 Å². The van der Waals surface area contributed by atoms with E-state index in [-0.39, 0.29) is 11.9 Å². The molecule has 1 fully saturated rings. The number of nitrogens with zero attached hydrogens (tertiary/aromatic N) is 3. The van der Waals surface area contributed by atoms with Gasteiger partial charge in [-0.25, -0.2) is 0 Å². The van der Waals surface area contributed by atoms with Crippen LogP contribution in [-0.2, 0) is 11.3 Å². The van der Waals surface area contributed by atoms with Gasteiger partial charge in [0.15, 0.2) is 5.84 Å². The van der Waals surface area contributed by atoms with Gasteiger partial charge in [-0.3, -0.25) is 4.90 Å². The van der Waals surface area contributed by atoms with Crippen molar-refractivity contribution in [1.29, 1.82) is 0 Å². The molecule has 0 spiro atoms. The Morgan fingerprint density at radius 3 is 3.11 bits per heavy atom. The zero-order valence-electron chi connectivity index (χ0n) is 11.5. The van der Waals surface area contributed by atoms with Crippen LogP contribution in [0.4, 0.5) is 0 Å². The number of nitrogens with two attached hydrogens (primary N) is 1. The number of hydrogen-bond acceptors (Lipinski definition) is 4. The maximum atomic E-state index is 8.76. The molecule has 0 radical (unpaired) electrons. The Morgan fingerprint density at radius 2 is 2.42 bits per heavy atom. The molecule has 0 aromatic carbocycles. The summed E-state index contributed by atoms with van der Waals surface area (Å²) >= 11 is 0. The molecule has 6 nitrogen and oxygen atoms in total. The molecule has 0 aliphatic carbocycles. The molecule has 0 amide bonds. The standard InChI is InChI=1S/C13H22N4O2/c1-10(2)16-6-7-19-11(8-16)9-17-5-3-4-12(17)13(14)15-18/h3-5,10-11,18H,6-9H2,1-2H3,(H2,14,15). The quantitative estimate of drug-likeness (QED) is 0.364. The fraction of sp³-hybridized carbons (Fsp3) is 0.615. The topological polar surface area (TPSA) is 76.0 Å². The molecular formula is C13H22N4O2. The minimum Gasteiger partial charge on any atom is -0.409 e. The molecule has 0 bridgehead atoms. The van der Waals surface area contributed by atoms with E-state index in [0.29, 0.717) is 18.3 Å².